The summed E-state index contributed by atoms with van der Waals surface area (Å²) in [6.45, 7) is 2.60. The molecule has 0 aliphatic carbocycles. The number of nitrogens with zero attached hydrogens (tertiary/aromatic N) is 3. The third-order valence-corrected chi connectivity index (χ3v) is 4.68. The molecule has 2 aromatic rings. The molecule has 1 atom stereocenters. The van der Waals surface area contributed by atoms with Crippen LogP contribution in [-0.2, 0) is 13.0 Å². The number of halogens is 1. The third kappa shape index (κ3) is 3.12. The van der Waals surface area contributed by atoms with Crippen LogP contribution in [0, 0.1) is 0 Å². The van der Waals surface area contributed by atoms with Gasteiger partial charge >= 0.3 is 5.97 Å². The summed E-state index contributed by atoms with van der Waals surface area (Å²) in [5.74, 6) is -1.47. The van der Waals surface area contributed by atoms with E-state index in [0.717, 1.165) is 0 Å². The van der Waals surface area contributed by atoms with Gasteiger partial charge in [0.15, 0.2) is 5.69 Å². The van der Waals surface area contributed by atoms with Gasteiger partial charge in [-0.3, -0.25) is 9.48 Å². The summed E-state index contributed by atoms with van der Waals surface area (Å²) in [6, 6.07) is 6.93. The highest BCUT2D eigenvalue weighted by Gasteiger charge is 2.33. The maximum absolute atomic E-state index is 12.8. The van der Waals surface area contributed by atoms with Gasteiger partial charge in [-0.25, -0.2) is 4.79 Å². The van der Waals surface area contributed by atoms with Gasteiger partial charge < -0.3 is 15.1 Å². The highest BCUT2D eigenvalue weighted by Crippen LogP contribution is 2.26. The van der Waals surface area contributed by atoms with Crippen molar-refractivity contribution in [2.75, 3.05) is 13.1 Å². The number of aromatic nitrogens is 2. The summed E-state index contributed by atoms with van der Waals surface area (Å²) >= 11 is 6.10. The molecule has 2 N–H and O–H groups in total. The fourth-order valence-electron chi connectivity index (χ4n) is 3.10. The number of amides is 1. The van der Waals surface area contributed by atoms with Crippen LogP contribution < -0.4 is 0 Å². The predicted octanol–water partition coefficient (Wildman–Crippen LogP) is 1.99. The molecule has 0 bridgehead atoms. The zero-order chi connectivity index (χ0) is 18.1. The van der Waals surface area contributed by atoms with Crippen LogP contribution in [-0.4, -0.2) is 49.9 Å². The Kier molecular flexibility index (Phi) is 4.78. The van der Waals surface area contributed by atoms with Crippen molar-refractivity contribution >= 4 is 23.5 Å². The Hall–Kier alpha value is -2.38. The highest BCUT2D eigenvalue weighted by molar-refractivity contribution is 6.31. The van der Waals surface area contributed by atoms with Gasteiger partial charge in [-0.05, 0) is 12.5 Å². The fourth-order valence-corrected chi connectivity index (χ4v) is 3.36. The Morgan fingerprint density at radius 2 is 2.08 bits per heavy atom. The van der Waals surface area contributed by atoms with Gasteiger partial charge in [0.25, 0.3) is 5.91 Å². The third-order valence-electron chi connectivity index (χ3n) is 4.34. The topological polar surface area (TPSA) is 95.7 Å². The molecule has 1 amide bonds. The van der Waals surface area contributed by atoms with Gasteiger partial charge in [-0.1, -0.05) is 36.7 Å². The number of rotatable bonds is 5. The molecular weight excluding hydrogens is 346 g/mol. The zero-order valence-electron chi connectivity index (χ0n) is 13.6. The van der Waals surface area contributed by atoms with E-state index >= 15 is 0 Å². The average molecular weight is 364 g/mol. The normalized spacial score (nSPS) is 15.2. The lowest BCUT2D eigenvalue weighted by Gasteiger charge is -2.30. The average Bonchev–Trinajstić information content (AvgIpc) is 2.97. The van der Waals surface area contributed by atoms with E-state index < -0.39 is 12.1 Å². The maximum atomic E-state index is 12.8. The number of carboxylic acids is 1. The summed E-state index contributed by atoms with van der Waals surface area (Å²) in [5, 5.41) is 24.2. The number of aliphatic hydroxyl groups is 1. The van der Waals surface area contributed by atoms with Crippen molar-refractivity contribution in [2.45, 2.75) is 26.0 Å². The number of benzene rings is 1. The summed E-state index contributed by atoms with van der Waals surface area (Å²) in [4.78, 5) is 25.7. The molecule has 1 aliphatic heterocycles. The van der Waals surface area contributed by atoms with E-state index in [1.54, 1.807) is 31.2 Å². The Balaban J connectivity index is 1.87. The summed E-state index contributed by atoms with van der Waals surface area (Å²) in [6.07, 6.45) is -0.528. The van der Waals surface area contributed by atoms with Gasteiger partial charge in [-0.15, -0.1) is 0 Å². The zero-order valence-corrected chi connectivity index (χ0v) is 14.4. The van der Waals surface area contributed by atoms with E-state index in [9.17, 15) is 19.8 Å². The minimum atomic E-state index is -1.14. The molecule has 7 nitrogen and oxygen atoms in total. The van der Waals surface area contributed by atoms with Gasteiger partial charge in [0.1, 0.15) is 5.69 Å². The summed E-state index contributed by atoms with van der Waals surface area (Å²) in [7, 11) is 0. The van der Waals surface area contributed by atoms with Gasteiger partial charge in [-0.2, -0.15) is 5.10 Å². The molecule has 132 valence electrons. The number of hydrogen-bond acceptors (Lipinski definition) is 4. The van der Waals surface area contributed by atoms with Crippen LogP contribution in [0.15, 0.2) is 24.3 Å². The van der Waals surface area contributed by atoms with Crippen LogP contribution in [0.3, 0.4) is 0 Å². The second-order valence-electron chi connectivity index (χ2n) is 5.85. The smallest absolute Gasteiger partial charge is 0.356 e. The molecule has 0 spiro atoms. The molecule has 1 aromatic heterocycles. The van der Waals surface area contributed by atoms with E-state index in [0.29, 0.717) is 35.7 Å². The lowest BCUT2D eigenvalue weighted by molar-refractivity contribution is 0.0554. The standard InChI is InChI=1S/C17H18ClN3O4/c1-2-10-14(17(24)25)19-21-8-7-20(16(23)15(10)21)9-13(22)11-5-3-4-6-12(11)18/h3-6,13,22H,2,7-9H2,1H3,(H,24,25). The SMILES string of the molecule is CCc1c(C(=O)O)nn2c1C(=O)N(CC(O)c1ccccc1Cl)CC2. The first-order chi connectivity index (χ1) is 11.9. The number of aromatic carboxylic acids is 1. The van der Waals surface area contributed by atoms with Crippen molar-refractivity contribution < 1.29 is 19.8 Å². The largest absolute Gasteiger partial charge is 0.476 e. The van der Waals surface area contributed by atoms with E-state index in [-0.39, 0.29) is 23.8 Å². The Morgan fingerprint density at radius 1 is 1.36 bits per heavy atom. The van der Waals surface area contributed by atoms with Crippen molar-refractivity contribution in [3.63, 3.8) is 0 Å². The van der Waals surface area contributed by atoms with Crippen LogP contribution in [0.25, 0.3) is 0 Å². The molecule has 3 rings (SSSR count). The maximum Gasteiger partial charge on any atom is 0.356 e. The molecule has 0 saturated heterocycles. The first-order valence-electron chi connectivity index (χ1n) is 7.98. The van der Waals surface area contributed by atoms with Crippen LogP contribution >= 0.6 is 11.6 Å². The fraction of sp³-hybridized carbons (Fsp3) is 0.353. The van der Waals surface area contributed by atoms with Crippen molar-refractivity contribution in [1.82, 2.24) is 14.7 Å². The second-order valence-corrected chi connectivity index (χ2v) is 6.25. The van der Waals surface area contributed by atoms with Crippen LogP contribution in [0.1, 0.15) is 45.1 Å². The number of carbonyl (C=O) groups excluding carboxylic acids is 1. The summed E-state index contributed by atoms with van der Waals surface area (Å²) < 4.78 is 1.45. The Morgan fingerprint density at radius 3 is 2.72 bits per heavy atom. The Bertz CT molecular complexity index is 833. The highest BCUT2D eigenvalue weighted by atomic mass is 35.5. The van der Waals surface area contributed by atoms with Gasteiger partial charge in [0.05, 0.1) is 19.2 Å². The minimum absolute atomic E-state index is 0.0826. The van der Waals surface area contributed by atoms with Crippen molar-refractivity contribution in [3.8, 4) is 0 Å². The van der Waals surface area contributed by atoms with Crippen LogP contribution in [0.5, 0.6) is 0 Å². The molecular formula is C17H18ClN3O4. The van der Waals surface area contributed by atoms with Crippen molar-refractivity contribution in [3.05, 3.63) is 51.8 Å². The monoisotopic (exact) mass is 363 g/mol. The molecule has 2 heterocycles. The number of hydrogen-bond donors (Lipinski definition) is 2. The quantitative estimate of drug-likeness (QED) is 0.846. The van der Waals surface area contributed by atoms with E-state index in [1.807, 2.05) is 0 Å². The molecule has 8 heteroatoms. The number of aliphatic hydroxyl groups excluding tert-OH is 1. The van der Waals surface area contributed by atoms with Gasteiger partial charge in [0.2, 0.25) is 0 Å². The predicted molar refractivity (Wildman–Crippen MR) is 90.9 cm³/mol. The molecule has 1 unspecified atom stereocenters. The molecule has 1 aliphatic rings. The number of carboxylic acid groups (broad SMARTS) is 1. The number of β-amino-alcohol motifs (C(OH)–C–C–N with tert-alkyl or cyclic N) is 1. The van der Waals surface area contributed by atoms with Crippen LogP contribution in [0.4, 0.5) is 0 Å². The van der Waals surface area contributed by atoms with Crippen molar-refractivity contribution in [1.29, 1.82) is 0 Å². The molecule has 0 radical (unpaired) electrons. The molecule has 1 aromatic carbocycles. The minimum Gasteiger partial charge on any atom is -0.476 e. The summed E-state index contributed by atoms with van der Waals surface area (Å²) in [5.41, 5.74) is 1.18. The van der Waals surface area contributed by atoms with Crippen LogP contribution in [0.2, 0.25) is 5.02 Å². The number of carbonyl (C=O) groups is 2. The molecule has 0 saturated carbocycles. The molecule has 0 fully saturated rings. The van der Waals surface area contributed by atoms with E-state index in [1.165, 1.54) is 9.58 Å². The number of fused-ring (bicyclic) bond motifs is 1. The van der Waals surface area contributed by atoms with E-state index in [2.05, 4.69) is 5.10 Å². The lowest BCUT2D eigenvalue weighted by atomic mass is 10.1. The van der Waals surface area contributed by atoms with Crippen molar-refractivity contribution in [2.24, 2.45) is 0 Å². The molecule has 25 heavy (non-hydrogen) atoms. The second kappa shape index (κ2) is 6.85. The first-order valence-corrected chi connectivity index (χ1v) is 8.36. The first kappa shape index (κ1) is 17.4. The Labute approximate surface area is 149 Å². The lowest BCUT2D eigenvalue weighted by Crippen LogP contribution is -2.43. The van der Waals surface area contributed by atoms with E-state index in [4.69, 9.17) is 11.6 Å². The van der Waals surface area contributed by atoms with Gasteiger partial charge in [0, 0.05) is 22.7 Å².